The molecule has 2 aromatic carbocycles. The van der Waals surface area contributed by atoms with Gasteiger partial charge in [-0.05, 0) is 30.7 Å². The number of nitrogens with one attached hydrogen (secondary N) is 1. The number of nitro benzene ring substituents is 1. The molecule has 1 N–H and O–H groups in total. The quantitative estimate of drug-likeness (QED) is 0.498. The molecular formula is C20H18N2O5. The van der Waals surface area contributed by atoms with E-state index in [1.165, 1.54) is 12.1 Å². The third-order valence-corrected chi connectivity index (χ3v) is 3.96. The molecule has 3 aromatic rings. The van der Waals surface area contributed by atoms with Crippen LogP contribution in [0.3, 0.4) is 0 Å². The van der Waals surface area contributed by atoms with Gasteiger partial charge in [-0.25, -0.2) is 0 Å². The van der Waals surface area contributed by atoms with Gasteiger partial charge >= 0.3 is 5.69 Å². The SMILES string of the molecule is C[C@H](NC(=O)c1ccc(COc2ccccc2[N+](=O)[O-])o1)c1ccccc1. The number of hydrogen-bond acceptors (Lipinski definition) is 5. The average Bonchev–Trinajstić information content (AvgIpc) is 3.16. The molecule has 1 aromatic heterocycles. The van der Waals surface area contributed by atoms with Crippen molar-refractivity contribution in [1.29, 1.82) is 0 Å². The molecule has 1 heterocycles. The summed E-state index contributed by atoms with van der Waals surface area (Å²) in [6.45, 7) is 1.86. The monoisotopic (exact) mass is 366 g/mol. The van der Waals surface area contributed by atoms with Crippen LogP contribution in [0.2, 0.25) is 0 Å². The van der Waals surface area contributed by atoms with E-state index in [4.69, 9.17) is 9.15 Å². The number of furan rings is 1. The molecule has 138 valence electrons. The molecule has 0 fully saturated rings. The Morgan fingerprint density at radius 3 is 2.56 bits per heavy atom. The third kappa shape index (κ3) is 4.52. The summed E-state index contributed by atoms with van der Waals surface area (Å²) in [4.78, 5) is 22.8. The van der Waals surface area contributed by atoms with Crippen molar-refractivity contribution in [2.45, 2.75) is 19.6 Å². The average molecular weight is 366 g/mol. The molecule has 0 aliphatic heterocycles. The Morgan fingerprint density at radius 2 is 1.81 bits per heavy atom. The Bertz CT molecular complexity index is 936. The molecule has 0 radical (unpaired) electrons. The van der Waals surface area contributed by atoms with Gasteiger partial charge in [-0.2, -0.15) is 0 Å². The second-order valence-corrected chi connectivity index (χ2v) is 5.89. The maximum absolute atomic E-state index is 12.3. The normalized spacial score (nSPS) is 11.6. The molecule has 0 spiro atoms. The third-order valence-electron chi connectivity index (χ3n) is 3.96. The number of nitrogens with zero attached hydrogens (tertiary/aromatic N) is 1. The number of rotatable bonds is 7. The number of ether oxygens (including phenoxy) is 1. The zero-order valence-corrected chi connectivity index (χ0v) is 14.6. The fourth-order valence-electron chi connectivity index (χ4n) is 2.55. The van der Waals surface area contributed by atoms with Gasteiger partial charge in [-0.15, -0.1) is 0 Å². The lowest BCUT2D eigenvalue weighted by Gasteiger charge is -2.13. The van der Waals surface area contributed by atoms with Crippen LogP contribution >= 0.6 is 0 Å². The highest BCUT2D eigenvalue weighted by Crippen LogP contribution is 2.26. The van der Waals surface area contributed by atoms with Crippen molar-refractivity contribution in [2.24, 2.45) is 0 Å². The highest BCUT2D eigenvalue weighted by atomic mass is 16.6. The fourth-order valence-corrected chi connectivity index (χ4v) is 2.55. The molecule has 1 amide bonds. The van der Waals surface area contributed by atoms with E-state index in [-0.39, 0.29) is 35.8 Å². The summed E-state index contributed by atoms with van der Waals surface area (Å²) >= 11 is 0. The van der Waals surface area contributed by atoms with Crippen LogP contribution in [0.5, 0.6) is 5.75 Å². The zero-order chi connectivity index (χ0) is 19.2. The van der Waals surface area contributed by atoms with Crippen molar-refractivity contribution in [1.82, 2.24) is 5.32 Å². The standard InChI is InChI=1S/C20H18N2O5/c1-14(15-7-3-2-4-8-15)21-20(23)19-12-11-16(27-19)13-26-18-10-6-5-9-17(18)22(24)25/h2-12,14H,13H2,1H3,(H,21,23)/t14-/m0/s1. The largest absolute Gasteiger partial charge is 0.479 e. The van der Waals surface area contributed by atoms with Gasteiger partial charge in [0.1, 0.15) is 12.4 Å². The van der Waals surface area contributed by atoms with Crippen LogP contribution < -0.4 is 10.1 Å². The molecule has 0 saturated heterocycles. The lowest BCUT2D eigenvalue weighted by Crippen LogP contribution is -2.26. The van der Waals surface area contributed by atoms with Gasteiger partial charge in [-0.1, -0.05) is 42.5 Å². The summed E-state index contributed by atoms with van der Waals surface area (Å²) in [5, 5.41) is 13.9. The van der Waals surface area contributed by atoms with Gasteiger partial charge < -0.3 is 14.5 Å². The smallest absolute Gasteiger partial charge is 0.310 e. The molecular weight excluding hydrogens is 348 g/mol. The van der Waals surface area contributed by atoms with Crippen LogP contribution in [-0.4, -0.2) is 10.8 Å². The summed E-state index contributed by atoms with van der Waals surface area (Å²) in [6.07, 6.45) is 0. The van der Waals surface area contributed by atoms with Crippen LogP contribution in [0.15, 0.2) is 71.1 Å². The summed E-state index contributed by atoms with van der Waals surface area (Å²) in [6, 6.07) is 18.6. The molecule has 0 aliphatic rings. The summed E-state index contributed by atoms with van der Waals surface area (Å²) in [5.41, 5.74) is 0.857. The molecule has 3 rings (SSSR count). The number of nitro groups is 1. The predicted octanol–water partition coefficient (Wildman–Crippen LogP) is 4.26. The molecule has 0 aliphatic carbocycles. The minimum absolute atomic E-state index is 0.0215. The van der Waals surface area contributed by atoms with E-state index in [9.17, 15) is 14.9 Å². The van der Waals surface area contributed by atoms with Gasteiger partial charge in [0.2, 0.25) is 0 Å². The lowest BCUT2D eigenvalue weighted by atomic mass is 10.1. The maximum atomic E-state index is 12.3. The first-order chi connectivity index (χ1) is 13.0. The Balaban J connectivity index is 1.61. The topological polar surface area (TPSA) is 94.6 Å². The Labute approximate surface area is 155 Å². The van der Waals surface area contributed by atoms with Gasteiger partial charge in [-0.3, -0.25) is 14.9 Å². The van der Waals surface area contributed by atoms with Gasteiger partial charge in [0.15, 0.2) is 11.5 Å². The predicted molar refractivity (Wildman–Crippen MR) is 98.5 cm³/mol. The van der Waals surface area contributed by atoms with Crippen LogP contribution in [0.4, 0.5) is 5.69 Å². The second kappa shape index (κ2) is 8.18. The van der Waals surface area contributed by atoms with E-state index in [1.807, 2.05) is 37.3 Å². The van der Waals surface area contributed by atoms with Crippen molar-refractivity contribution in [3.05, 3.63) is 93.9 Å². The van der Waals surface area contributed by atoms with Crippen LogP contribution in [0.25, 0.3) is 0 Å². The molecule has 7 heteroatoms. The first-order valence-electron chi connectivity index (χ1n) is 8.35. The Morgan fingerprint density at radius 1 is 1.11 bits per heavy atom. The number of amides is 1. The van der Waals surface area contributed by atoms with E-state index in [0.29, 0.717) is 5.76 Å². The molecule has 0 saturated carbocycles. The van der Waals surface area contributed by atoms with Crippen LogP contribution in [0.1, 0.15) is 34.8 Å². The van der Waals surface area contributed by atoms with Gasteiger partial charge in [0.25, 0.3) is 5.91 Å². The zero-order valence-electron chi connectivity index (χ0n) is 14.6. The highest BCUT2D eigenvalue weighted by molar-refractivity contribution is 5.91. The fraction of sp³-hybridized carbons (Fsp3) is 0.150. The summed E-state index contributed by atoms with van der Waals surface area (Å²) < 4.78 is 11.0. The Kier molecular flexibility index (Phi) is 5.51. The lowest BCUT2D eigenvalue weighted by molar-refractivity contribution is -0.386. The molecule has 7 nitrogen and oxygen atoms in total. The Hall–Kier alpha value is -3.61. The van der Waals surface area contributed by atoms with E-state index in [0.717, 1.165) is 5.56 Å². The van der Waals surface area contributed by atoms with E-state index >= 15 is 0 Å². The molecule has 0 unspecified atom stereocenters. The van der Waals surface area contributed by atoms with E-state index in [2.05, 4.69) is 5.32 Å². The van der Waals surface area contributed by atoms with Gasteiger partial charge in [0.05, 0.1) is 11.0 Å². The minimum atomic E-state index is -0.513. The van der Waals surface area contributed by atoms with Crippen molar-refractivity contribution >= 4 is 11.6 Å². The van der Waals surface area contributed by atoms with Gasteiger partial charge in [0, 0.05) is 6.07 Å². The summed E-state index contributed by atoms with van der Waals surface area (Å²) in [7, 11) is 0. The highest BCUT2D eigenvalue weighted by Gasteiger charge is 2.17. The summed E-state index contributed by atoms with van der Waals surface area (Å²) in [5.74, 6) is 0.343. The number of carbonyl (C=O) groups is 1. The maximum Gasteiger partial charge on any atom is 0.310 e. The van der Waals surface area contributed by atoms with E-state index < -0.39 is 4.92 Å². The molecule has 0 bridgehead atoms. The van der Waals surface area contributed by atoms with E-state index in [1.54, 1.807) is 24.3 Å². The van der Waals surface area contributed by atoms with Crippen molar-refractivity contribution in [3.63, 3.8) is 0 Å². The second-order valence-electron chi connectivity index (χ2n) is 5.89. The number of para-hydroxylation sites is 2. The van der Waals surface area contributed by atoms with Crippen molar-refractivity contribution in [3.8, 4) is 5.75 Å². The van der Waals surface area contributed by atoms with Crippen LogP contribution in [-0.2, 0) is 6.61 Å². The number of benzene rings is 2. The first kappa shape index (κ1) is 18.2. The number of carbonyl (C=O) groups excluding carboxylic acids is 1. The van der Waals surface area contributed by atoms with Crippen molar-refractivity contribution < 1.29 is 18.9 Å². The van der Waals surface area contributed by atoms with Crippen molar-refractivity contribution in [2.75, 3.05) is 0 Å². The minimum Gasteiger partial charge on any atom is -0.479 e. The number of hydrogen-bond donors (Lipinski definition) is 1. The first-order valence-corrected chi connectivity index (χ1v) is 8.35. The molecule has 1 atom stereocenters. The van der Waals surface area contributed by atoms with Crippen LogP contribution in [0, 0.1) is 10.1 Å². The molecule has 27 heavy (non-hydrogen) atoms.